The third-order valence-corrected chi connectivity index (χ3v) is 5.87. The highest BCUT2D eigenvalue weighted by Gasteiger charge is 2.39. The van der Waals surface area contributed by atoms with Crippen LogP contribution in [0.15, 0.2) is 54.6 Å². The van der Waals surface area contributed by atoms with E-state index in [-0.39, 0.29) is 17.2 Å². The average Bonchev–Trinajstić information content (AvgIpc) is 2.82. The van der Waals surface area contributed by atoms with Gasteiger partial charge >= 0.3 is 0 Å². The molecule has 1 heterocycles. The molecule has 1 aliphatic rings. The summed E-state index contributed by atoms with van der Waals surface area (Å²) in [6.07, 6.45) is -1.36. The molecule has 34 heavy (non-hydrogen) atoms. The number of nitrogens with zero attached hydrogens (tertiary/aromatic N) is 1. The predicted molar refractivity (Wildman–Crippen MR) is 127 cm³/mol. The van der Waals surface area contributed by atoms with Gasteiger partial charge in [0.05, 0.1) is 11.3 Å². The SMILES string of the molecule is CC1NC(=O)c2ccccc2NC(=O)C(C(O)c2ccccc2)N(C)C(=O)C(C(C)C)NC1=O. The van der Waals surface area contributed by atoms with Crippen LogP contribution in [0, 0.1) is 5.92 Å². The maximum atomic E-state index is 13.5. The molecule has 0 bridgehead atoms. The van der Waals surface area contributed by atoms with Crippen LogP contribution in [0.2, 0.25) is 0 Å². The maximum absolute atomic E-state index is 13.5. The van der Waals surface area contributed by atoms with E-state index in [1.165, 1.54) is 20.0 Å². The lowest BCUT2D eigenvalue weighted by molar-refractivity contribution is -0.145. The van der Waals surface area contributed by atoms with Crippen molar-refractivity contribution in [1.82, 2.24) is 15.5 Å². The van der Waals surface area contributed by atoms with Gasteiger partial charge in [0.25, 0.3) is 5.91 Å². The van der Waals surface area contributed by atoms with Crippen molar-refractivity contribution in [2.24, 2.45) is 5.92 Å². The smallest absolute Gasteiger partial charge is 0.254 e. The first kappa shape index (κ1) is 24.9. The van der Waals surface area contributed by atoms with E-state index in [4.69, 9.17) is 0 Å². The van der Waals surface area contributed by atoms with Crippen molar-refractivity contribution in [3.63, 3.8) is 0 Å². The van der Waals surface area contributed by atoms with Gasteiger partial charge in [-0.25, -0.2) is 0 Å². The first-order valence-corrected chi connectivity index (χ1v) is 11.1. The standard InChI is InChI=1S/C25H30N4O5/c1-14(2)19-25(34)29(4)20(21(30)16-10-6-5-7-11-16)24(33)27-18-13-9-8-12-17(18)23(32)26-15(3)22(31)28-19/h5-15,19-21,30H,1-4H3,(H,26,32)(H,27,33)(H,28,31). The molecule has 180 valence electrons. The van der Waals surface area contributed by atoms with Gasteiger partial charge < -0.3 is 26.0 Å². The van der Waals surface area contributed by atoms with Crippen LogP contribution in [0.3, 0.4) is 0 Å². The molecular formula is C25H30N4O5. The third-order valence-electron chi connectivity index (χ3n) is 5.87. The van der Waals surface area contributed by atoms with E-state index in [2.05, 4.69) is 16.0 Å². The molecule has 4 N–H and O–H groups in total. The summed E-state index contributed by atoms with van der Waals surface area (Å²) in [4.78, 5) is 53.8. The van der Waals surface area contributed by atoms with Crippen molar-refractivity contribution >= 4 is 29.3 Å². The number of anilines is 1. The number of fused-ring (bicyclic) bond motifs is 1. The second-order valence-electron chi connectivity index (χ2n) is 8.71. The Kier molecular flexibility index (Phi) is 7.68. The van der Waals surface area contributed by atoms with E-state index in [1.54, 1.807) is 62.4 Å². The van der Waals surface area contributed by atoms with Crippen LogP contribution in [-0.2, 0) is 14.4 Å². The van der Waals surface area contributed by atoms with Gasteiger partial charge in [-0.05, 0) is 30.5 Å². The van der Waals surface area contributed by atoms with E-state index < -0.39 is 47.9 Å². The second-order valence-corrected chi connectivity index (χ2v) is 8.71. The fourth-order valence-corrected chi connectivity index (χ4v) is 3.85. The van der Waals surface area contributed by atoms with Crippen LogP contribution in [0.4, 0.5) is 5.69 Å². The lowest BCUT2D eigenvalue weighted by Crippen LogP contribution is -2.58. The number of hydrogen-bond donors (Lipinski definition) is 4. The van der Waals surface area contributed by atoms with Gasteiger partial charge in [-0.15, -0.1) is 0 Å². The minimum Gasteiger partial charge on any atom is -0.386 e. The number of nitrogens with one attached hydrogen (secondary N) is 3. The van der Waals surface area contributed by atoms with Crippen molar-refractivity contribution in [3.05, 3.63) is 65.7 Å². The average molecular weight is 467 g/mol. The van der Waals surface area contributed by atoms with Gasteiger partial charge in [0.2, 0.25) is 17.7 Å². The number of rotatable bonds is 3. The summed E-state index contributed by atoms with van der Waals surface area (Å²) in [5, 5.41) is 19.1. The zero-order chi connectivity index (χ0) is 25.0. The number of amides is 4. The molecule has 0 radical (unpaired) electrons. The van der Waals surface area contributed by atoms with Crippen molar-refractivity contribution in [1.29, 1.82) is 0 Å². The Balaban J connectivity index is 2.12. The Bertz CT molecular complexity index is 1070. The molecule has 0 spiro atoms. The Morgan fingerprint density at radius 1 is 0.882 bits per heavy atom. The number of aliphatic hydroxyl groups is 1. The Labute approximate surface area is 198 Å². The van der Waals surface area contributed by atoms with E-state index in [0.717, 1.165) is 4.90 Å². The lowest BCUT2D eigenvalue weighted by atomic mass is 9.97. The summed E-state index contributed by atoms with van der Waals surface area (Å²) in [5.41, 5.74) is 0.789. The quantitative estimate of drug-likeness (QED) is 0.545. The van der Waals surface area contributed by atoms with Crippen LogP contribution < -0.4 is 16.0 Å². The van der Waals surface area contributed by atoms with Crippen LogP contribution >= 0.6 is 0 Å². The van der Waals surface area contributed by atoms with Crippen molar-refractivity contribution in [3.8, 4) is 0 Å². The molecule has 2 aromatic carbocycles. The summed E-state index contributed by atoms with van der Waals surface area (Å²) < 4.78 is 0. The third kappa shape index (κ3) is 5.26. The van der Waals surface area contributed by atoms with E-state index in [9.17, 15) is 24.3 Å². The lowest BCUT2D eigenvalue weighted by Gasteiger charge is -2.34. The van der Waals surface area contributed by atoms with E-state index >= 15 is 0 Å². The first-order chi connectivity index (χ1) is 16.1. The molecule has 9 nitrogen and oxygen atoms in total. The van der Waals surface area contributed by atoms with Gasteiger partial charge in [-0.2, -0.15) is 0 Å². The van der Waals surface area contributed by atoms with E-state index in [0.29, 0.717) is 5.56 Å². The molecule has 2 aromatic rings. The van der Waals surface area contributed by atoms with Gasteiger partial charge in [-0.1, -0.05) is 56.3 Å². The zero-order valence-electron chi connectivity index (χ0n) is 19.6. The predicted octanol–water partition coefficient (Wildman–Crippen LogP) is 1.46. The molecule has 0 aromatic heterocycles. The maximum Gasteiger partial charge on any atom is 0.254 e. The fraction of sp³-hybridized carbons (Fsp3) is 0.360. The van der Waals surface area contributed by atoms with Crippen LogP contribution in [0.25, 0.3) is 0 Å². The van der Waals surface area contributed by atoms with E-state index in [1.807, 2.05) is 0 Å². The molecule has 9 heteroatoms. The summed E-state index contributed by atoms with van der Waals surface area (Å²) in [5.74, 6) is -2.62. The summed E-state index contributed by atoms with van der Waals surface area (Å²) >= 11 is 0. The van der Waals surface area contributed by atoms with Crippen LogP contribution in [0.1, 0.15) is 42.8 Å². The molecule has 0 fully saturated rings. The molecule has 0 saturated carbocycles. The van der Waals surface area contributed by atoms with Crippen molar-refractivity contribution in [2.75, 3.05) is 12.4 Å². The molecule has 3 rings (SSSR count). The highest BCUT2D eigenvalue weighted by atomic mass is 16.3. The van der Waals surface area contributed by atoms with Gasteiger partial charge in [0, 0.05) is 7.05 Å². The largest absolute Gasteiger partial charge is 0.386 e. The Morgan fingerprint density at radius 3 is 2.15 bits per heavy atom. The number of carbonyl (C=O) groups excluding carboxylic acids is 4. The van der Waals surface area contributed by atoms with Crippen LogP contribution in [0.5, 0.6) is 0 Å². The monoisotopic (exact) mass is 466 g/mol. The number of hydrogen-bond acceptors (Lipinski definition) is 5. The van der Waals surface area contributed by atoms with Crippen molar-refractivity contribution < 1.29 is 24.3 Å². The molecule has 4 unspecified atom stereocenters. The second kappa shape index (κ2) is 10.5. The van der Waals surface area contributed by atoms with Gasteiger partial charge in [0.15, 0.2) is 0 Å². The molecule has 1 aliphatic heterocycles. The fourth-order valence-electron chi connectivity index (χ4n) is 3.85. The summed E-state index contributed by atoms with van der Waals surface area (Å²) in [6.45, 7) is 5.04. The number of benzene rings is 2. The number of likely N-dealkylation sites (N-methyl/N-ethyl adjacent to an activating group) is 1. The topological polar surface area (TPSA) is 128 Å². The molecular weight excluding hydrogens is 436 g/mol. The number of carbonyl (C=O) groups is 4. The molecule has 4 atom stereocenters. The molecule has 4 amide bonds. The van der Waals surface area contributed by atoms with Crippen molar-refractivity contribution in [2.45, 2.75) is 45.0 Å². The normalized spacial score (nSPS) is 23.0. The highest BCUT2D eigenvalue weighted by molar-refractivity contribution is 6.07. The number of aliphatic hydroxyl groups excluding tert-OH is 1. The summed E-state index contributed by atoms with van der Waals surface area (Å²) in [6, 6.07) is 11.6. The highest BCUT2D eigenvalue weighted by Crippen LogP contribution is 2.25. The Hall–Kier alpha value is -3.72. The zero-order valence-corrected chi connectivity index (χ0v) is 19.6. The number of para-hydroxylation sites is 1. The summed E-state index contributed by atoms with van der Waals surface area (Å²) in [7, 11) is 1.42. The first-order valence-electron chi connectivity index (χ1n) is 11.1. The molecule has 0 aliphatic carbocycles. The van der Waals surface area contributed by atoms with Gasteiger partial charge in [0.1, 0.15) is 24.2 Å². The van der Waals surface area contributed by atoms with Gasteiger partial charge in [-0.3, -0.25) is 19.2 Å². The van der Waals surface area contributed by atoms with Crippen LogP contribution in [-0.4, -0.2) is 58.8 Å². The minimum atomic E-state index is -1.36. The molecule has 0 saturated heterocycles. The Morgan fingerprint density at radius 2 is 1.50 bits per heavy atom. The minimum absolute atomic E-state index is 0.150.